The molecule has 26 heavy (non-hydrogen) atoms. The van der Waals surface area contributed by atoms with Crippen LogP contribution in [0.3, 0.4) is 0 Å². The molecule has 0 aliphatic heterocycles. The summed E-state index contributed by atoms with van der Waals surface area (Å²) >= 11 is 0. The molecule has 0 atom stereocenters. The molecule has 130 valence electrons. The normalized spacial score (nSPS) is 10.3. The second-order valence-electron chi connectivity index (χ2n) is 5.39. The Morgan fingerprint density at radius 3 is 2.85 bits per heavy atom. The molecule has 0 bridgehead atoms. The highest BCUT2D eigenvalue weighted by atomic mass is 19.1. The van der Waals surface area contributed by atoms with E-state index in [4.69, 9.17) is 4.74 Å². The molecule has 3 aromatic rings. The summed E-state index contributed by atoms with van der Waals surface area (Å²) in [5.41, 5.74) is 1.42. The molecule has 1 amide bonds. The van der Waals surface area contributed by atoms with Crippen molar-refractivity contribution in [3.8, 4) is 22.9 Å². The first kappa shape index (κ1) is 17.3. The summed E-state index contributed by atoms with van der Waals surface area (Å²) in [5, 5.41) is 13.2. The number of methoxy groups -OCH3 is 1. The summed E-state index contributed by atoms with van der Waals surface area (Å²) in [7, 11) is 1.53. The maximum Gasteiger partial charge on any atom is 0.270 e. The van der Waals surface area contributed by atoms with E-state index in [1.165, 1.54) is 7.11 Å². The number of nitrogens with one attached hydrogen (secondary N) is 1. The van der Waals surface area contributed by atoms with E-state index in [-0.39, 0.29) is 17.9 Å². The SMILES string of the molecule is COc1ccc2c(C(=O)NCCF)nc(C#N)c(-c3cccnc3)c2c1. The summed E-state index contributed by atoms with van der Waals surface area (Å²) in [5.74, 6) is 0.0416. The maximum atomic E-state index is 12.4. The third-order valence-electron chi connectivity index (χ3n) is 3.86. The highest BCUT2D eigenvalue weighted by Gasteiger charge is 2.20. The summed E-state index contributed by atoms with van der Waals surface area (Å²) < 4.78 is 17.7. The first-order valence-electron chi connectivity index (χ1n) is 7.86. The number of nitrogens with zero attached hydrogens (tertiary/aromatic N) is 3. The minimum atomic E-state index is -0.684. The Morgan fingerprint density at radius 1 is 1.35 bits per heavy atom. The number of alkyl halides is 1. The third kappa shape index (κ3) is 3.17. The van der Waals surface area contributed by atoms with Crippen LogP contribution >= 0.6 is 0 Å². The molecule has 1 N–H and O–H groups in total. The van der Waals surface area contributed by atoms with Crippen molar-refractivity contribution in [2.75, 3.05) is 20.3 Å². The number of fused-ring (bicyclic) bond motifs is 1. The first-order valence-corrected chi connectivity index (χ1v) is 7.86. The van der Waals surface area contributed by atoms with Crippen molar-refractivity contribution in [1.82, 2.24) is 15.3 Å². The van der Waals surface area contributed by atoms with E-state index in [2.05, 4.69) is 15.3 Å². The van der Waals surface area contributed by atoms with Gasteiger partial charge in [0.2, 0.25) is 0 Å². The fourth-order valence-electron chi connectivity index (χ4n) is 2.72. The molecule has 1 aromatic carbocycles. The quantitative estimate of drug-likeness (QED) is 0.764. The third-order valence-corrected chi connectivity index (χ3v) is 3.86. The number of halogens is 1. The number of amides is 1. The van der Waals surface area contributed by atoms with E-state index < -0.39 is 12.6 Å². The molecule has 2 aromatic heterocycles. The van der Waals surface area contributed by atoms with Gasteiger partial charge in [0.25, 0.3) is 5.91 Å². The Labute approximate surface area is 149 Å². The molecule has 0 saturated heterocycles. The molecule has 6 nitrogen and oxygen atoms in total. The average molecular weight is 350 g/mol. The van der Waals surface area contributed by atoms with Crippen molar-refractivity contribution in [3.05, 3.63) is 54.1 Å². The molecule has 0 aliphatic rings. The van der Waals surface area contributed by atoms with E-state index >= 15 is 0 Å². The minimum absolute atomic E-state index is 0.0697. The summed E-state index contributed by atoms with van der Waals surface area (Å²) in [6.07, 6.45) is 3.25. The van der Waals surface area contributed by atoms with Gasteiger partial charge in [-0.3, -0.25) is 9.78 Å². The fraction of sp³-hybridized carbons (Fsp3) is 0.158. The van der Waals surface area contributed by atoms with E-state index in [1.54, 1.807) is 36.7 Å². The molecule has 0 radical (unpaired) electrons. The lowest BCUT2D eigenvalue weighted by atomic mass is 9.96. The van der Waals surface area contributed by atoms with Crippen LogP contribution in [0.2, 0.25) is 0 Å². The Morgan fingerprint density at radius 2 is 2.19 bits per heavy atom. The van der Waals surface area contributed by atoms with Gasteiger partial charge in [0, 0.05) is 35.5 Å². The Balaban J connectivity index is 2.33. The lowest BCUT2D eigenvalue weighted by molar-refractivity contribution is 0.0947. The number of nitriles is 1. The molecule has 0 fully saturated rings. The van der Waals surface area contributed by atoms with Crippen LogP contribution < -0.4 is 10.1 Å². The minimum Gasteiger partial charge on any atom is -0.497 e. The topological polar surface area (TPSA) is 87.9 Å². The summed E-state index contributed by atoms with van der Waals surface area (Å²) in [6.45, 7) is -0.805. The number of benzene rings is 1. The van der Waals surface area contributed by atoms with Crippen LogP contribution in [-0.2, 0) is 0 Å². The number of rotatable bonds is 5. The standard InChI is InChI=1S/C19H15FN4O2/c1-26-13-4-5-14-15(9-13)17(12-3-2-7-22-11-12)16(10-21)24-18(14)19(25)23-8-6-20/h2-5,7,9,11H,6,8H2,1H3,(H,23,25). The van der Waals surface area contributed by atoms with E-state index in [1.807, 2.05) is 12.1 Å². The molecule has 7 heteroatoms. The van der Waals surface area contributed by atoms with E-state index in [0.717, 1.165) is 0 Å². The number of hydrogen-bond donors (Lipinski definition) is 1. The number of aromatic nitrogens is 2. The molecular formula is C19H15FN4O2. The number of hydrogen-bond acceptors (Lipinski definition) is 5. The zero-order valence-electron chi connectivity index (χ0n) is 14.0. The zero-order valence-corrected chi connectivity index (χ0v) is 14.0. The first-order chi connectivity index (χ1) is 12.7. The van der Waals surface area contributed by atoms with Crippen LogP contribution in [0, 0.1) is 11.3 Å². The monoisotopic (exact) mass is 350 g/mol. The molecule has 3 rings (SSSR count). The van der Waals surface area contributed by atoms with Gasteiger partial charge in [-0.1, -0.05) is 6.07 Å². The van der Waals surface area contributed by atoms with E-state index in [9.17, 15) is 14.4 Å². The molecule has 0 spiro atoms. The molecule has 0 saturated carbocycles. The van der Waals surface area contributed by atoms with Crippen molar-refractivity contribution >= 4 is 16.7 Å². The smallest absolute Gasteiger partial charge is 0.270 e. The average Bonchev–Trinajstić information content (AvgIpc) is 2.70. The van der Waals surface area contributed by atoms with Gasteiger partial charge >= 0.3 is 0 Å². The van der Waals surface area contributed by atoms with Gasteiger partial charge in [-0.15, -0.1) is 0 Å². The van der Waals surface area contributed by atoms with Crippen LogP contribution in [0.5, 0.6) is 5.75 Å². The van der Waals surface area contributed by atoms with Gasteiger partial charge < -0.3 is 10.1 Å². The van der Waals surface area contributed by atoms with E-state index in [0.29, 0.717) is 27.6 Å². The largest absolute Gasteiger partial charge is 0.497 e. The highest BCUT2D eigenvalue weighted by molar-refractivity contribution is 6.10. The fourth-order valence-corrected chi connectivity index (χ4v) is 2.72. The van der Waals surface area contributed by atoms with Crippen molar-refractivity contribution in [2.24, 2.45) is 0 Å². The molecule has 2 heterocycles. The predicted molar refractivity (Wildman–Crippen MR) is 94.5 cm³/mol. The molecule has 0 aliphatic carbocycles. The number of pyridine rings is 2. The van der Waals surface area contributed by atoms with Crippen LogP contribution in [0.15, 0.2) is 42.7 Å². The number of ether oxygens (including phenoxy) is 1. The highest BCUT2D eigenvalue weighted by Crippen LogP contribution is 2.34. The van der Waals surface area contributed by atoms with Crippen molar-refractivity contribution in [3.63, 3.8) is 0 Å². The molecule has 0 unspecified atom stereocenters. The second kappa shape index (κ2) is 7.57. The van der Waals surface area contributed by atoms with Gasteiger partial charge in [-0.2, -0.15) is 5.26 Å². The van der Waals surface area contributed by atoms with Gasteiger partial charge in [0.05, 0.1) is 7.11 Å². The zero-order chi connectivity index (χ0) is 18.5. The molecular weight excluding hydrogens is 335 g/mol. The Bertz CT molecular complexity index is 1000. The van der Waals surface area contributed by atoms with Gasteiger partial charge in [0.15, 0.2) is 0 Å². The van der Waals surface area contributed by atoms with Crippen molar-refractivity contribution in [1.29, 1.82) is 5.26 Å². The lowest BCUT2D eigenvalue weighted by Crippen LogP contribution is -2.27. The van der Waals surface area contributed by atoms with Crippen LogP contribution in [-0.4, -0.2) is 36.2 Å². The summed E-state index contributed by atoms with van der Waals surface area (Å²) in [6, 6.07) is 10.8. The number of carbonyl (C=O) groups is 1. The van der Waals surface area contributed by atoms with Crippen molar-refractivity contribution in [2.45, 2.75) is 0 Å². The van der Waals surface area contributed by atoms with Gasteiger partial charge in [0.1, 0.15) is 29.9 Å². The van der Waals surface area contributed by atoms with Gasteiger partial charge in [-0.05, 0) is 29.7 Å². The van der Waals surface area contributed by atoms with Gasteiger partial charge in [-0.25, -0.2) is 9.37 Å². The van der Waals surface area contributed by atoms with Crippen LogP contribution in [0.25, 0.3) is 21.9 Å². The Hall–Kier alpha value is -3.53. The van der Waals surface area contributed by atoms with Crippen LogP contribution in [0.1, 0.15) is 16.2 Å². The lowest BCUT2D eigenvalue weighted by Gasteiger charge is -2.13. The second-order valence-corrected chi connectivity index (χ2v) is 5.39. The summed E-state index contributed by atoms with van der Waals surface area (Å²) in [4.78, 5) is 20.7. The van der Waals surface area contributed by atoms with Crippen molar-refractivity contribution < 1.29 is 13.9 Å². The Kier molecular flexibility index (Phi) is 5.04. The predicted octanol–water partition coefficient (Wildman–Crippen LogP) is 2.88. The number of carbonyl (C=O) groups excluding carboxylic acids is 1. The van der Waals surface area contributed by atoms with Crippen LogP contribution in [0.4, 0.5) is 4.39 Å². The maximum absolute atomic E-state index is 12.4.